The van der Waals surface area contributed by atoms with Crippen LogP contribution in [0.1, 0.15) is 11.3 Å². The number of aryl methyl sites for hydroxylation is 1. The van der Waals surface area contributed by atoms with E-state index in [2.05, 4.69) is 35.6 Å². The summed E-state index contributed by atoms with van der Waals surface area (Å²) in [5, 5.41) is 3.32. The van der Waals surface area contributed by atoms with Gasteiger partial charge in [0.1, 0.15) is 5.82 Å². The van der Waals surface area contributed by atoms with E-state index < -0.39 is 0 Å². The largest absolute Gasteiger partial charge is 0.384 e. The Morgan fingerprint density at radius 1 is 1.33 bits per heavy atom. The summed E-state index contributed by atoms with van der Waals surface area (Å²) in [4.78, 5) is 4.17. The second-order valence-electron chi connectivity index (χ2n) is 3.99. The molecular weight excluding hydrogens is 222 g/mol. The zero-order chi connectivity index (χ0) is 13.0. The molecule has 0 saturated heterocycles. The van der Waals surface area contributed by atoms with Gasteiger partial charge in [0.2, 0.25) is 0 Å². The molecule has 18 heavy (non-hydrogen) atoms. The molecule has 0 fully saturated rings. The maximum atomic E-state index is 5.76. The number of nitrogens with two attached hydrogens (primary N) is 1. The highest BCUT2D eigenvalue weighted by Crippen LogP contribution is 2.22. The molecule has 2 rings (SSSR count). The summed E-state index contributed by atoms with van der Waals surface area (Å²) in [7, 11) is 0. The van der Waals surface area contributed by atoms with Crippen LogP contribution in [0.4, 0.5) is 17.2 Å². The van der Waals surface area contributed by atoms with Crippen LogP contribution in [0.25, 0.3) is 6.08 Å². The highest BCUT2D eigenvalue weighted by atomic mass is 14.9. The minimum Gasteiger partial charge on any atom is -0.384 e. The van der Waals surface area contributed by atoms with Gasteiger partial charge in [-0.15, -0.1) is 5.73 Å². The van der Waals surface area contributed by atoms with Crippen LogP contribution >= 0.6 is 0 Å². The topological polar surface area (TPSA) is 50.9 Å². The van der Waals surface area contributed by atoms with Crippen molar-refractivity contribution in [1.82, 2.24) is 4.98 Å². The Hall–Kier alpha value is -2.51. The third-order valence-corrected chi connectivity index (χ3v) is 2.54. The van der Waals surface area contributed by atoms with Gasteiger partial charge in [-0.25, -0.2) is 4.98 Å². The summed E-state index contributed by atoms with van der Waals surface area (Å²) in [6.45, 7) is 5.58. The predicted molar refractivity (Wildman–Crippen MR) is 76.7 cm³/mol. The Morgan fingerprint density at radius 2 is 2.11 bits per heavy atom. The van der Waals surface area contributed by atoms with Crippen LogP contribution in [-0.2, 0) is 0 Å². The van der Waals surface area contributed by atoms with Gasteiger partial charge in [0.25, 0.3) is 0 Å². The number of nitrogens with zero attached hydrogens (tertiary/aromatic N) is 1. The van der Waals surface area contributed by atoms with Gasteiger partial charge < -0.3 is 11.1 Å². The Labute approximate surface area is 107 Å². The Morgan fingerprint density at radius 3 is 2.83 bits per heavy atom. The lowest BCUT2D eigenvalue weighted by Crippen LogP contribution is -1.97. The molecule has 0 aliphatic rings. The molecule has 0 radical (unpaired) electrons. The van der Waals surface area contributed by atoms with E-state index in [0.717, 1.165) is 17.1 Å². The molecule has 2 aromatic rings. The Kier molecular flexibility index (Phi) is 3.46. The van der Waals surface area contributed by atoms with E-state index in [0.29, 0.717) is 5.82 Å². The van der Waals surface area contributed by atoms with Crippen molar-refractivity contribution in [3.8, 4) is 0 Å². The van der Waals surface area contributed by atoms with Crippen molar-refractivity contribution in [1.29, 1.82) is 0 Å². The smallest absolute Gasteiger partial charge is 0.126 e. The lowest BCUT2D eigenvalue weighted by atomic mass is 10.2. The molecule has 1 aromatic carbocycles. The summed E-state index contributed by atoms with van der Waals surface area (Å²) in [5.74, 6) is 0.468. The summed E-state index contributed by atoms with van der Waals surface area (Å²) < 4.78 is 0. The normalized spacial score (nSPS) is 9.61. The molecular formula is C15H15N3. The van der Waals surface area contributed by atoms with Crippen molar-refractivity contribution in [2.45, 2.75) is 6.92 Å². The van der Waals surface area contributed by atoms with Gasteiger partial charge in [0.05, 0.1) is 5.69 Å². The van der Waals surface area contributed by atoms with E-state index in [1.807, 2.05) is 24.3 Å². The van der Waals surface area contributed by atoms with E-state index in [4.69, 9.17) is 5.73 Å². The fourth-order valence-corrected chi connectivity index (χ4v) is 1.69. The SMILES string of the molecule is C=C=Cc1cc(Nc2ccccc2C)cc(N)n1. The quantitative estimate of drug-likeness (QED) is 0.803. The molecule has 0 spiro atoms. The van der Waals surface area contributed by atoms with Crippen LogP contribution in [0, 0.1) is 6.92 Å². The molecule has 0 amide bonds. The first-order valence-corrected chi connectivity index (χ1v) is 5.65. The Bertz CT molecular complexity index is 611. The molecule has 3 nitrogen and oxygen atoms in total. The van der Waals surface area contributed by atoms with Crippen LogP contribution in [0.2, 0.25) is 0 Å². The molecule has 0 saturated carbocycles. The first kappa shape index (κ1) is 12.0. The van der Waals surface area contributed by atoms with E-state index in [1.165, 1.54) is 5.56 Å². The average Bonchev–Trinajstić information content (AvgIpc) is 2.32. The van der Waals surface area contributed by atoms with E-state index in [1.54, 1.807) is 12.1 Å². The van der Waals surface area contributed by atoms with Crippen LogP contribution < -0.4 is 11.1 Å². The van der Waals surface area contributed by atoms with Crippen molar-refractivity contribution in [2.75, 3.05) is 11.1 Å². The molecule has 0 bridgehead atoms. The number of rotatable bonds is 3. The van der Waals surface area contributed by atoms with Gasteiger partial charge in [-0.05, 0) is 24.6 Å². The fourth-order valence-electron chi connectivity index (χ4n) is 1.69. The number of hydrogen-bond donors (Lipinski definition) is 2. The zero-order valence-electron chi connectivity index (χ0n) is 10.3. The summed E-state index contributed by atoms with van der Waals surface area (Å²) in [6, 6.07) is 11.8. The number of anilines is 3. The second-order valence-corrected chi connectivity index (χ2v) is 3.99. The maximum absolute atomic E-state index is 5.76. The molecule has 3 N–H and O–H groups in total. The fraction of sp³-hybridized carbons (Fsp3) is 0.0667. The number of para-hydroxylation sites is 1. The molecule has 0 unspecified atom stereocenters. The molecule has 0 aliphatic heterocycles. The predicted octanol–water partition coefficient (Wildman–Crippen LogP) is 3.51. The summed E-state index contributed by atoms with van der Waals surface area (Å²) in [5.41, 5.74) is 12.3. The number of nitrogen functional groups attached to an aromatic ring is 1. The number of benzene rings is 1. The highest BCUT2D eigenvalue weighted by Gasteiger charge is 2.01. The lowest BCUT2D eigenvalue weighted by molar-refractivity contribution is 1.30. The Balaban J connectivity index is 2.35. The van der Waals surface area contributed by atoms with E-state index in [-0.39, 0.29) is 0 Å². The second kappa shape index (κ2) is 5.21. The molecule has 3 heteroatoms. The van der Waals surface area contributed by atoms with Gasteiger partial charge >= 0.3 is 0 Å². The monoisotopic (exact) mass is 237 g/mol. The van der Waals surface area contributed by atoms with Gasteiger partial charge in [-0.2, -0.15) is 0 Å². The maximum Gasteiger partial charge on any atom is 0.126 e. The van der Waals surface area contributed by atoms with E-state index >= 15 is 0 Å². The average molecular weight is 237 g/mol. The molecule has 1 heterocycles. The number of aromatic nitrogens is 1. The highest BCUT2D eigenvalue weighted by molar-refractivity contribution is 5.67. The zero-order valence-corrected chi connectivity index (χ0v) is 10.3. The van der Waals surface area contributed by atoms with Crippen LogP contribution in [-0.4, -0.2) is 4.98 Å². The van der Waals surface area contributed by atoms with Gasteiger partial charge in [0.15, 0.2) is 0 Å². The number of hydrogen-bond acceptors (Lipinski definition) is 3. The molecule has 1 aromatic heterocycles. The lowest BCUT2D eigenvalue weighted by Gasteiger charge is -2.10. The minimum atomic E-state index is 0.468. The third-order valence-electron chi connectivity index (χ3n) is 2.54. The molecule has 90 valence electrons. The van der Waals surface area contributed by atoms with Crippen molar-refractivity contribution in [3.05, 3.63) is 60.0 Å². The van der Waals surface area contributed by atoms with Crippen LogP contribution in [0.15, 0.2) is 48.7 Å². The van der Waals surface area contributed by atoms with Gasteiger partial charge in [-0.1, -0.05) is 24.8 Å². The standard InChI is InChI=1S/C15H15N3/c1-3-6-12-9-13(10-15(16)18-12)17-14-8-5-4-7-11(14)2/h4-10H,1H2,2H3,(H3,16,17,18). The number of pyridine rings is 1. The first-order chi connectivity index (χ1) is 8.69. The number of nitrogens with one attached hydrogen (secondary N) is 1. The van der Waals surface area contributed by atoms with Crippen molar-refractivity contribution < 1.29 is 0 Å². The van der Waals surface area contributed by atoms with Gasteiger partial charge in [-0.3, -0.25) is 0 Å². The van der Waals surface area contributed by atoms with Crippen molar-refractivity contribution in [2.24, 2.45) is 0 Å². The van der Waals surface area contributed by atoms with E-state index in [9.17, 15) is 0 Å². The van der Waals surface area contributed by atoms with Crippen LogP contribution in [0.3, 0.4) is 0 Å². The van der Waals surface area contributed by atoms with Crippen LogP contribution in [0.5, 0.6) is 0 Å². The minimum absolute atomic E-state index is 0.468. The van der Waals surface area contributed by atoms with Gasteiger partial charge in [0, 0.05) is 23.5 Å². The summed E-state index contributed by atoms with van der Waals surface area (Å²) in [6.07, 6.45) is 1.69. The molecule has 0 atom stereocenters. The van der Waals surface area contributed by atoms with Crippen molar-refractivity contribution in [3.63, 3.8) is 0 Å². The van der Waals surface area contributed by atoms with Crippen molar-refractivity contribution >= 4 is 23.3 Å². The summed E-state index contributed by atoms with van der Waals surface area (Å²) >= 11 is 0. The first-order valence-electron chi connectivity index (χ1n) is 5.65. The third kappa shape index (κ3) is 2.78. The molecule has 0 aliphatic carbocycles.